The summed E-state index contributed by atoms with van der Waals surface area (Å²) in [7, 11) is 0. The number of amides is 1. The van der Waals surface area contributed by atoms with Crippen LogP contribution in [-0.4, -0.2) is 41.5 Å². The monoisotopic (exact) mass is 511 g/mol. The van der Waals surface area contributed by atoms with Crippen LogP contribution in [-0.2, 0) is 4.79 Å². The van der Waals surface area contributed by atoms with Crippen LogP contribution in [0.4, 0.5) is 13.2 Å². The first-order valence-corrected chi connectivity index (χ1v) is 10.9. The first-order valence-electron chi connectivity index (χ1n) is 10.9. The lowest BCUT2D eigenvalue weighted by molar-refractivity contribution is -0.274. The van der Waals surface area contributed by atoms with Crippen molar-refractivity contribution in [3.05, 3.63) is 107 Å². The van der Waals surface area contributed by atoms with Gasteiger partial charge in [0.15, 0.2) is 11.6 Å². The van der Waals surface area contributed by atoms with E-state index in [1.54, 1.807) is 30.3 Å². The molecule has 0 saturated carbocycles. The highest BCUT2D eigenvalue weighted by Gasteiger charge is 2.31. The van der Waals surface area contributed by atoms with E-state index in [2.05, 4.69) is 10.1 Å². The molecule has 7 nitrogen and oxygen atoms in total. The van der Waals surface area contributed by atoms with Crippen molar-refractivity contribution in [1.82, 2.24) is 5.32 Å². The Labute approximate surface area is 209 Å². The largest absolute Gasteiger partial charge is 0.573 e. The summed E-state index contributed by atoms with van der Waals surface area (Å²) >= 11 is 0. The van der Waals surface area contributed by atoms with Crippen molar-refractivity contribution in [2.24, 2.45) is 0 Å². The summed E-state index contributed by atoms with van der Waals surface area (Å²) in [6.07, 6.45) is -4.04. The Morgan fingerprint density at radius 1 is 0.784 bits per heavy atom. The number of hydrogen-bond donors (Lipinski definition) is 2. The van der Waals surface area contributed by atoms with Crippen molar-refractivity contribution in [1.29, 1.82) is 0 Å². The number of hydrogen-bond acceptors (Lipinski definition) is 5. The van der Waals surface area contributed by atoms with Gasteiger partial charge in [-0.25, -0.2) is 0 Å². The van der Waals surface area contributed by atoms with Gasteiger partial charge >= 0.3 is 12.3 Å². The third kappa shape index (κ3) is 7.89. The van der Waals surface area contributed by atoms with Gasteiger partial charge in [-0.15, -0.1) is 13.2 Å². The number of benzene rings is 3. The molecule has 3 aromatic rings. The Morgan fingerprint density at radius 3 is 1.92 bits per heavy atom. The molecule has 0 atom stereocenters. The lowest BCUT2D eigenvalue weighted by Crippen LogP contribution is -2.26. The molecule has 0 bridgehead atoms. The van der Waals surface area contributed by atoms with E-state index in [-0.39, 0.29) is 35.2 Å². The second kappa shape index (κ2) is 11.8. The van der Waals surface area contributed by atoms with Crippen molar-refractivity contribution >= 4 is 29.0 Å². The van der Waals surface area contributed by atoms with Crippen LogP contribution in [0.25, 0.3) is 5.57 Å². The molecule has 0 heterocycles. The zero-order valence-electron chi connectivity index (χ0n) is 19.1. The highest BCUT2D eigenvalue weighted by molar-refractivity contribution is 6.32. The van der Waals surface area contributed by atoms with E-state index in [4.69, 9.17) is 5.11 Å². The zero-order chi connectivity index (χ0) is 27.0. The first-order chi connectivity index (χ1) is 17.5. The van der Waals surface area contributed by atoms with Gasteiger partial charge in [0.25, 0.3) is 5.91 Å². The van der Waals surface area contributed by atoms with Gasteiger partial charge in [0.2, 0.25) is 0 Å². The summed E-state index contributed by atoms with van der Waals surface area (Å²) < 4.78 is 41.4. The third-order valence-electron chi connectivity index (χ3n) is 5.01. The number of aliphatic carboxylic acids is 1. The van der Waals surface area contributed by atoms with Gasteiger partial charge in [-0.1, -0.05) is 54.6 Å². The quantitative estimate of drug-likeness (QED) is 0.295. The summed E-state index contributed by atoms with van der Waals surface area (Å²) in [4.78, 5) is 48.9. The number of carbonyl (C=O) groups is 4. The predicted molar refractivity (Wildman–Crippen MR) is 127 cm³/mol. The number of carboxylic acid groups (broad SMARTS) is 1. The molecule has 3 aromatic carbocycles. The van der Waals surface area contributed by atoms with Gasteiger partial charge in [0, 0.05) is 28.8 Å². The van der Waals surface area contributed by atoms with Crippen LogP contribution in [0.3, 0.4) is 0 Å². The molecule has 0 unspecified atom stereocenters. The Kier molecular flexibility index (Phi) is 8.57. The fourth-order valence-corrected chi connectivity index (χ4v) is 3.25. The summed E-state index contributed by atoms with van der Waals surface area (Å²) in [6, 6.07) is 18.1. The van der Waals surface area contributed by atoms with E-state index >= 15 is 0 Å². The zero-order valence-corrected chi connectivity index (χ0v) is 19.1. The molecule has 0 radical (unpaired) electrons. The second-order valence-electron chi connectivity index (χ2n) is 7.67. The third-order valence-corrected chi connectivity index (χ3v) is 5.01. The molecule has 37 heavy (non-hydrogen) atoms. The number of carboxylic acids is 1. The number of rotatable bonds is 10. The molecule has 0 fully saturated rings. The Hall–Kier alpha value is -4.73. The van der Waals surface area contributed by atoms with E-state index in [0.29, 0.717) is 5.56 Å². The number of nitrogens with one attached hydrogen (secondary N) is 1. The van der Waals surface area contributed by atoms with Gasteiger partial charge < -0.3 is 15.2 Å². The van der Waals surface area contributed by atoms with Crippen LogP contribution in [0.2, 0.25) is 0 Å². The number of ketones is 2. The minimum Gasteiger partial charge on any atom is -0.481 e. The number of alkyl halides is 3. The van der Waals surface area contributed by atoms with E-state index < -0.39 is 35.6 Å². The molecule has 190 valence electrons. The van der Waals surface area contributed by atoms with Crippen molar-refractivity contribution in [2.75, 3.05) is 6.54 Å². The highest BCUT2D eigenvalue weighted by Crippen LogP contribution is 2.27. The van der Waals surface area contributed by atoms with Crippen molar-refractivity contribution in [2.45, 2.75) is 12.8 Å². The maximum absolute atomic E-state index is 13.4. The fraction of sp³-hybridized carbons (Fsp3) is 0.111. The molecule has 0 saturated heterocycles. The van der Waals surface area contributed by atoms with Crippen LogP contribution in [0.1, 0.15) is 43.1 Å². The molecular weight excluding hydrogens is 491 g/mol. The minimum atomic E-state index is -4.89. The molecule has 1 amide bonds. The van der Waals surface area contributed by atoms with Crippen molar-refractivity contribution in [3.8, 4) is 5.75 Å². The first kappa shape index (κ1) is 26.9. The van der Waals surface area contributed by atoms with Crippen LogP contribution in [0.15, 0.2) is 84.9 Å². The van der Waals surface area contributed by atoms with E-state index in [1.165, 1.54) is 36.4 Å². The smallest absolute Gasteiger partial charge is 0.481 e. The summed E-state index contributed by atoms with van der Waals surface area (Å²) in [5.74, 6) is -3.18. The van der Waals surface area contributed by atoms with Crippen LogP contribution < -0.4 is 10.1 Å². The van der Waals surface area contributed by atoms with Gasteiger partial charge in [0.1, 0.15) is 5.75 Å². The van der Waals surface area contributed by atoms with Crippen LogP contribution >= 0.6 is 0 Å². The molecular formula is C27H20F3NO6. The number of Topliss-reactive ketones (excluding diaryl/α,β-unsaturated/α-hetero) is 1. The predicted octanol–water partition coefficient (Wildman–Crippen LogP) is 4.94. The van der Waals surface area contributed by atoms with Gasteiger partial charge in [-0.05, 0) is 35.9 Å². The Balaban J connectivity index is 1.90. The SMILES string of the molecule is O=C(O)CCNC(=O)c1ccc(C(=O)/C(=C\C(=O)c2ccccc2)c2ccc(OC(F)(F)F)cc2)cc1. The molecule has 2 N–H and O–H groups in total. The van der Waals surface area contributed by atoms with E-state index in [0.717, 1.165) is 18.2 Å². The standard InChI is InChI=1S/C27H20F3NO6/c28-27(29,30)37-21-12-10-17(11-13-21)22(16-23(32)18-4-2-1-3-5-18)25(35)19-6-8-20(9-7-19)26(36)31-15-14-24(33)34/h1-13,16H,14-15H2,(H,31,36)(H,33,34)/b22-16-. The Morgan fingerprint density at radius 2 is 1.35 bits per heavy atom. The normalized spacial score (nSPS) is 11.5. The van der Waals surface area contributed by atoms with Gasteiger partial charge in [-0.2, -0.15) is 0 Å². The summed E-state index contributed by atoms with van der Waals surface area (Å²) in [6.45, 7) is -0.0720. The van der Waals surface area contributed by atoms with Crippen molar-refractivity contribution in [3.63, 3.8) is 0 Å². The lowest BCUT2D eigenvalue weighted by Gasteiger charge is -2.11. The molecule has 0 aliphatic heterocycles. The maximum atomic E-state index is 13.4. The average Bonchev–Trinajstić information content (AvgIpc) is 2.87. The Bertz CT molecular complexity index is 1320. The molecule has 0 spiro atoms. The number of halogens is 3. The summed E-state index contributed by atoms with van der Waals surface area (Å²) in [5, 5.41) is 11.1. The summed E-state index contributed by atoms with van der Waals surface area (Å²) in [5.41, 5.74) is 0.704. The average molecular weight is 511 g/mol. The minimum absolute atomic E-state index is 0.0720. The second-order valence-corrected chi connectivity index (χ2v) is 7.67. The fourth-order valence-electron chi connectivity index (χ4n) is 3.25. The molecule has 0 aromatic heterocycles. The topological polar surface area (TPSA) is 110 Å². The molecule has 3 rings (SSSR count). The van der Waals surface area contributed by atoms with Gasteiger partial charge in [0.05, 0.1) is 6.42 Å². The van der Waals surface area contributed by atoms with Crippen LogP contribution in [0.5, 0.6) is 5.75 Å². The van der Waals surface area contributed by atoms with Crippen LogP contribution in [0, 0.1) is 0 Å². The molecule has 10 heteroatoms. The lowest BCUT2D eigenvalue weighted by atomic mass is 9.94. The molecule has 0 aliphatic carbocycles. The van der Waals surface area contributed by atoms with Gasteiger partial charge in [-0.3, -0.25) is 19.2 Å². The molecule has 0 aliphatic rings. The number of allylic oxidation sites excluding steroid dienone is 2. The van der Waals surface area contributed by atoms with E-state index in [9.17, 15) is 32.3 Å². The van der Waals surface area contributed by atoms with Crippen molar-refractivity contribution < 1.29 is 42.2 Å². The maximum Gasteiger partial charge on any atom is 0.573 e. The highest BCUT2D eigenvalue weighted by atomic mass is 19.4. The van der Waals surface area contributed by atoms with E-state index in [1.807, 2.05) is 0 Å². The number of carbonyl (C=O) groups excluding carboxylic acids is 3. The number of ether oxygens (including phenoxy) is 1.